The summed E-state index contributed by atoms with van der Waals surface area (Å²) < 4.78 is 0. The normalized spacial score (nSPS) is 11.4. The minimum atomic E-state index is -1.17. The van der Waals surface area contributed by atoms with Crippen molar-refractivity contribution in [1.29, 1.82) is 0 Å². The zero-order valence-corrected chi connectivity index (χ0v) is 8.63. The Morgan fingerprint density at radius 1 is 1.36 bits per heavy atom. The van der Waals surface area contributed by atoms with Gasteiger partial charge in [0.15, 0.2) is 0 Å². The van der Waals surface area contributed by atoms with Gasteiger partial charge >= 0.3 is 11.9 Å². The van der Waals surface area contributed by atoms with Gasteiger partial charge in [0, 0.05) is 30.3 Å². The van der Waals surface area contributed by atoms with Crippen molar-refractivity contribution in [2.24, 2.45) is 5.73 Å². The SMILES string of the molecule is N[C@@H](CCC(=O)O)C(=O)O.[Sn]. The quantitative estimate of drug-likeness (QED) is 0.559. The van der Waals surface area contributed by atoms with Crippen LogP contribution < -0.4 is 5.73 Å². The van der Waals surface area contributed by atoms with Gasteiger partial charge in [-0.1, -0.05) is 0 Å². The third kappa shape index (κ3) is 7.60. The summed E-state index contributed by atoms with van der Waals surface area (Å²) >= 11 is 0. The molecule has 0 aromatic carbocycles. The largest absolute Gasteiger partial charge is 0.481 e. The molecule has 0 spiro atoms. The molecule has 62 valence electrons. The van der Waals surface area contributed by atoms with Crippen molar-refractivity contribution in [2.75, 3.05) is 0 Å². The van der Waals surface area contributed by atoms with Gasteiger partial charge in [0.1, 0.15) is 6.04 Å². The van der Waals surface area contributed by atoms with E-state index in [9.17, 15) is 9.59 Å². The zero-order chi connectivity index (χ0) is 8.15. The molecule has 0 unspecified atom stereocenters. The maximum absolute atomic E-state index is 9.99. The molecule has 6 heteroatoms. The predicted molar refractivity (Wildman–Crippen MR) is 38.2 cm³/mol. The molecule has 1 atom stereocenters. The van der Waals surface area contributed by atoms with E-state index >= 15 is 0 Å². The Morgan fingerprint density at radius 3 is 2.09 bits per heavy atom. The van der Waals surface area contributed by atoms with Crippen molar-refractivity contribution >= 4 is 35.8 Å². The van der Waals surface area contributed by atoms with E-state index in [4.69, 9.17) is 15.9 Å². The monoisotopic (exact) mass is 267 g/mol. The Balaban J connectivity index is 0. The third-order valence-electron chi connectivity index (χ3n) is 0.986. The second kappa shape index (κ2) is 6.41. The van der Waals surface area contributed by atoms with Crippen LogP contribution in [0.25, 0.3) is 0 Å². The number of aliphatic carboxylic acids is 2. The van der Waals surface area contributed by atoms with E-state index in [2.05, 4.69) is 0 Å². The number of carboxylic acid groups (broad SMARTS) is 2. The van der Waals surface area contributed by atoms with E-state index in [1.54, 1.807) is 0 Å². The molecule has 0 aliphatic heterocycles. The predicted octanol–water partition coefficient (Wildman–Crippen LogP) is -1.12. The molecule has 0 bridgehead atoms. The van der Waals surface area contributed by atoms with E-state index < -0.39 is 18.0 Å². The van der Waals surface area contributed by atoms with E-state index in [1.807, 2.05) is 0 Å². The van der Waals surface area contributed by atoms with Crippen LogP contribution >= 0.6 is 0 Å². The first-order valence-corrected chi connectivity index (χ1v) is 2.74. The van der Waals surface area contributed by atoms with E-state index in [0.29, 0.717) is 0 Å². The summed E-state index contributed by atoms with van der Waals surface area (Å²) in [6.07, 6.45) is -0.224. The summed E-state index contributed by atoms with van der Waals surface area (Å²) in [6, 6.07) is -1.06. The first-order chi connectivity index (χ1) is 4.54. The fourth-order valence-electron chi connectivity index (χ4n) is 0.402. The van der Waals surface area contributed by atoms with Crippen LogP contribution in [-0.2, 0) is 9.59 Å². The van der Waals surface area contributed by atoms with Crippen LogP contribution in [0, 0.1) is 0 Å². The van der Waals surface area contributed by atoms with Crippen LogP contribution in [0.4, 0.5) is 0 Å². The van der Waals surface area contributed by atoms with Crippen molar-refractivity contribution in [2.45, 2.75) is 18.9 Å². The average molecular weight is 266 g/mol. The molecule has 0 aliphatic carbocycles. The Labute approximate surface area is 80.5 Å². The fraction of sp³-hybridized carbons (Fsp3) is 0.600. The van der Waals surface area contributed by atoms with Crippen molar-refractivity contribution in [3.63, 3.8) is 0 Å². The molecule has 0 saturated carbocycles. The molecular weight excluding hydrogens is 257 g/mol. The van der Waals surface area contributed by atoms with E-state index in [1.165, 1.54) is 0 Å². The van der Waals surface area contributed by atoms with Crippen LogP contribution in [-0.4, -0.2) is 52.1 Å². The molecule has 11 heavy (non-hydrogen) atoms. The fourth-order valence-corrected chi connectivity index (χ4v) is 0.402. The van der Waals surface area contributed by atoms with Crippen LogP contribution in [0.5, 0.6) is 0 Å². The summed E-state index contributed by atoms with van der Waals surface area (Å²) in [5, 5.41) is 16.3. The molecule has 4 N–H and O–H groups in total. The summed E-state index contributed by atoms with van der Waals surface area (Å²) in [5.74, 6) is -2.20. The molecule has 0 fully saturated rings. The third-order valence-corrected chi connectivity index (χ3v) is 0.986. The Kier molecular flexibility index (Phi) is 7.75. The molecule has 5 nitrogen and oxygen atoms in total. The van der Waals surface area contributed by atoms with E-state index in [-0.39, 0.29) is 36.7 Å². The minimum Gasteiger partial charge on any atom is -0.481 e. The Bertz CT molecular complexity index is 149. The maximum atomic E-state index is 9.99. The van der Waals surface area contributed by atoms with Crippen LogP contribution in [0.2, 0.25) is 0 Å². The summed E-state index contributed by atoms with van der Waals surface area (Å²) in [7, 11) is 0. The number of hydrogen-bond acceptors (Lipinski definition) is 3. The van der Waals surface area contributed by atoms with Gasteiger partial charge < -0.3 is 15.9 Å². The van der Waals surface area contributed by atoms with Gasteiger partial charge in [0.2, 0.25) is 0 Å². The topological polar surface area (TPSA) is 101 Å². The van der Waals surface area contributed by atoms with Crippen LogP contribution in [0.3, 0.4) is 0 Å². The Hall–Kier alpha value is -0.301. The van der Waals surface area contributed by atoms with Gasteiger partial charge in [0.25, 0.3) is 0 Å². The molecule has 0 heterocycles. The minimum absolute atomic E-state index is 0. The zero-order valence-electron chi connectivity index (χ0n) is 5.78. The summed E-state index contributed by atoms with van der Waals surface area (Å²) in [5.41, 5.74) is 5.00. The summed E-state index contributed by atoms with van der Waals surface area (Å²) in [6.45, 7) is 0. The van der Waals surface area contributed by atoms with Gasteiger partial charge in [-0.15, -0.1) is 0 Å². The molecule has 0 aromatic rings. The maximum Gasteiger partial charge on any atom is 0.320 e. The van der Waals surface area contributed by atoms with Gasteiger partial charge in [-0.2, -0.15) is 0 Å². The van der Waals surface area contributed by atoms with Gasteiger partial charge in [-0.25, -0.2) is 0 Å². The van der Waals surface area contributed by atoms with E-state index in [0.717, 1.165) is 0 Å². The van der Waals surface area contributed by atoms with Crippen molar-refractivity contribution in [3.8, 4) is 0 Å². The van der Waals surface area contributed by atoms with Gasteiger partial charge in [-0.05, 0) is 6.42 Å². The molecule has 4 radical (unpaired) electrons. The number of nitrogens with two attached hydrogens (primary N) is 1. The van der Waals surface area contributed by atoms with Gasteiger partial charge in [-0.3, -0.25) is 9.59 Å². The molecule has 0 amide bonds. The molecule has 0 aliphatic rings. The molecule has 0 aromatic heterocycles. The second-order valence-corrected chi connectivity index (χ2v) is 1.88. The number of carbonyl (C=O) groups is 2. The first-order valence-electron chi connectivity index (χ1n) is 2.74. The van der Waals surface area contributed by atoms with Crippen LogP contribution in [0.15, 0.2) is 0 Å². The average Bonchev–Trinajstić information content (AvgIpc) is 1.82. The number of rotatable bonds is 4. The molecular formula is C5H9NO4Sn. The van der Waals surface area contributed by atoms with Crippen molar-refractivity contribution < 1.29 is 19.8 Å². The standard InChI is InChI=1S/C5H9NO4.Sn/c6-3(5(9)10)1-2-4(7)8;/h3H,1-2,6H2,(H,7,8)(H,9,10);/t3-;/m0./s1. The van der Waals surface area contributed by atoms with Crippen LogP contribution in [0.1, 0.15) is 12.8 Å². The first kappa shape index (κ1) is 13.3. The van der Waals surface area contributed by atoms with Crippen molar-refractivity contribution in [1.82, 2.24) is 0 Å². The Morgan fingerprint density at radius 2 is 1.82 bits per heavy atom. The summed E-state index contributed by atoms with van der Waals surface area (Å²) in [4.78, 5) is 19.9. The molecule has 0 saturated heterocycles. The smallest absolute Gasteiger partial charge is 0.320 e. The molecule has 0 rings (SSSR count). The van der Waals surface area contributed by atoms with Crippen molar-refractivity contribution in [3.05, 3.63) is 0 Å². The second-order valence-electron chi connectivity index (χ2n) is 1.88. The number of hydrogen-bond donors (Lipinski definition) is 3. The van der Waals surface area contributed by atoms with Gasteiger partial charge in [0.05, 0.1) is 0 Å². The number of carboxylic acids is 2.